The van der Waals surface area contributed by atoms with Gasteiger partial charge in [0.25, 0.3) is 0 Å². The Bertz CT molecular complexity index is 923. The molecule has 0 aliphatic heterocycles. The average molecular weight is 420 g/mol. The molecule has 0 unspecified atom stereocenters. The molecule has 2 aromatic rings. The van der Waals surface area contributed by atoms with Crippen molar-refractivity contribution in [2.75, 3.05) is 36.9 Å². The Hall–Kier alpha value is -2.58. The molecule has 0 fully saturated rings. The van der Waals surface area contributed by atoms with E-state index in [0.717, 1.165) is 5.75 Å². The van der Waals surface area contributed by atoms with Crippen LogP contribution in [0.3, 0.4) is 0 Å². The lowest BCUT2D eigenvalue weighted by atomic mass is 10.2. The summed E-state index contributed by atoms with van der Waals surface area (Å²) < 4.78 is 32.4. The number of sulfonamides is 1. The van der Waals surface area contributed by atoms with Gasteiger partial charge in [-0.05, 0) is 55.8 Å². The summed E-state index contributed by atoms with van der Waals surface area (Å²) in [7, 11) is -3.57. The Labute approximate surface area is 173 Å². The molecule has 29 heavy (non-hydrogen) atoms. The fourth-order valence-electron chi connectivity index (χ4n) is 2.88. The van der Waals surface area contributed by atoms with Crippen molar-refractivity contribution in [2.45, 2.75) is 32.6 Å². The molecule has 158 valence electrons. The first-order valence-electron chi connectivity index (χ1n) is 9.69. The normalized spacial score (nSPS) is 11.3. The number of hydrogen-bond donors (Lipinski definition) is 2. The van der Waals surface area contributed by atoms with E-state index in [9.17, 15) is 13.2 Å². The zero-order chi connectivity index (χ0) is 21.4. The van der Waals surface area contributed by atoms with Gasteiger partial charge in [-0.15, -0.1) is 0 Å². The van der Waals surface area contributed by atoms with Crippen LogP contribution in [-0.4, -0.2) is 44.9 Å². The Balaban J connectivity index is 2.04. The number of anilines is 2. The maximum atomic E-state index is 12.8. The van der Waals surface area contributed by atoms with Crippen LogP contribution in [0.2, 0.25) is 0 Å². The molecule has 0 heterocycles. The van der Waals surface area contributed by atoms with Gasteiger partial charge in [0.05, 0.1) is 18.0 Å². The molecule has 0 aliphatic rings. The van der Waals surface area contributed by atoms with Gasteiger partial charge in [0.15, 0.2) is 0 Å². The van der Waals surface area contributed by atoms with Crippen LogP contribution in [0.4, 0.5) is 11.4 Å². The molecule has 0 radical (unpaired) electrons. The maximum Gasteiger partial charge on any atom is 0.243 e. The number of hydrogen-bond acceptors (Lipinski definition) is 5. The molecule has 0 spiro atoms. The molecule has 2 N–H and O–H groups in total. The third-order valence-electron chi connectivity index (χ3n) is 4.41. The Morgan fingerprint density at radius 2 is 1.62 bits per heavy atom. The summed E-state index contributed by atoms with van der Waals surface area (Å²) in [5.74, 6) is 0.508. The highest BCUT2D eigenvalue weighted by molar-refractivity contribution is 7.89. The third-order valence-corrected chi connectivity index (χ3v) is 6.61. The lowest BCUT2D eigenvalue weighted by Gasteiger charge is -2.20. The lowest BCUT2D eigenvalue weighted by Crippen LogP contribution is -2.31. The van der Waals surface area contributed by atoms with E-state index < -0.39 is 10.0 Å². The minimum absolute atomic E-state index is 0.0149. The van der Waals surface area contributed by atoms with Gasteiger partial charge in [0.1, 0.15) is 5.75 Å². The van der Waals surface area contributed by atoms with E-state index in [4.69, 9.17) is 4.74 Å². The van der Waals surface area contributed by atoms with E-state index in [0.29, 0.717) is 36.6 Å². The molecule has 0 atom stereocenters. The SMILES string of the molecule is CCOc1ccc(NC(=O)CNc2ccc(C)c(S(=O)(=O)N(CC)CC)c2)cc1. The molecule has 8 heteroatoms. The van der Waals surface area contributed by atoms with E-state index in [1.165, 1.54) is 4.31 Å². The predicted molar refractivity (Wildman–Crippen MR) is 116 cm³/mol. The zero-order valence-electron chi connectivity index (χ0n) is 17.4. The van der Waals surface area contributed by atoms with E-state index in [1.807, 2.05) is 20.8 Å². The number of aryl methyl sites for hydroxylation is 1. The number of carbonyl (C=O) groups excluding carboxylic acids is 1. The second kappa shape index (κ2) is 10.3. The highest BCUT2D eigenvalue weighted by atomic mass is 32.2. The quantitative estimate of drug-likeness (QED) is 0.616. The smallest absolute Gasteiger partial charge is 0.243 e. The number of carbonyl (C=O) groups is 1. The first kappa shape index (κ1) is 22.7. The predicted octanol–water partition coefficient (Wildman–Crippen LogP) is 3.47. The van der Waals surface area contributed by atoms with Gasteiger partial charge in [0.2, 0.25) is 15.9 Å². The highest BCUT2D eigenvalue weighted by Crippen LogP contribution is 2.23. The van der Waals surface area contributed by atoms with Gasteiger partial charge in [-0.3, -0.25) is 4.79 Å². The molecule has 0 aliphatic carbocycles. The number of nitrogens with one attached hydrogen (secondary N) is 2. The molecule has 0 saturated heterocycles. The first-order chi connectivity index (χ1) is 13.8. The standard InChI is InChI=1S/C21H29N3O4S/c1-5-24(6-2)29(26,27)20-14-18(9-8-16(20)4)22-15-21(25)23-17-10-12-19(13-11-17)28-7-3/h8-14,22H,5-7,15H2,1-4H3,(H,23,25). The Morgan fingerprint density at radius 1 is 1.00 bits per heavy atom. The summed E-state index contributed by atoms with van der Waals surface area (Å²) in [5.41, 5.74) is 1.90. The molecule has 1 amide bonds. The second-order valence-corrected chi connectivity index (χ2v) is 8.34. The van der Waals surface area contributed by atoms with Crippen LogP contribution in [0, 0.1) is 6.92 Å². The monoisotopic (exact) mass is 419 g/mol. The maximum absolute atomic E-state index is 12.8. The summed E-state index contributed by atoms with van der Waals surface area (Å²) in [6.45, 7) is 8.69. The number of nitrogens with zero attached hydrogens (tertiary/aromatic N) is 1. The Kier molecular flexibility index (Phi) is 8.04. The molecule has 2 aromatic carbocycles. The number of rotatable bonds is 10. The lowest BCUT2D eigenvalue weighted by molar-refractivity contribution is -0.114. The van der Waals surface area contributed by atoms with Crippen molar-refractivity contribution in [2.24, 2.45) is 0 Å². The van der Waals surface area contributed by atoms with Gasteiger partial charge < -0.3 is 15.4 Å². The average Bonchev–Trinajstić information content (AvgIpc) is 2.69. The minimum Gasteiger partial charge on any atom is -0.494 e. The zero-order valence-corrected chi connectivity index (χ0v) is 18.2. The summed E-state index contributed by atoms with van der Waals surface area (Å²) >= 11 is 0. The fourth-order valence-corrected chi connectivity index (χ4v) is 4.59. The van der Waals surface area contributed by atoms with Crippen LogP contribution in [0.15, 0.2) is 47.4 Å². The number of ether oxygens (including phenoxy) is 1. The van der Waals surface area contributed by atoms with Crippen molar-refractivity contribution < 1.29 is 17.9 Å². The third kappa shape index (κ3) is 5.95. The number of benzene rings is 2. The fraction of sp³-hybridized carbons (Fsp3) is 0.381. The first-order valence-corrected chi connectivity index (χ1v) is 11.1. The molecule has 7 nitrogen and oxygen atoms in total. The second-order valence-electron chi connectivity index (χ2n) is 6.43. The molecular formula is C21H29N3O4S. The number of amides is 1. The van der Waals surface area contributed by atoms with Gasteiger partial charge in [-0.2, -0.15) is 4.31 Å². The van der Waals surface area contributed by atoms with Crippen molar-refractivity contribution in [1.82, 2.24) is 4.31 Å². The van der Waals surface area contributed by atoms with E-state index in [2.05, 4.69) is 10.6 Å². The van der Waals surface area contributed by atoms with E-state index in [-0.39, 0.29) is 17.3 Å². The van der Waals surface area contributed by atoms with E-state index in [1.54, 1.807) is 49.4 Å². The largest absolute Gasteiger partial charge is 0.494 e. The minimum atomic E-state index is -3.57. The summed E-state index contributed by atoms with van der Waals surface area (Å²) in [4.78, 5) is 12.5. The van der Waals surface area contributed by atoms with Crippen LogP contribution >= 0.6 is 0 Å². The van der Waals surface area contributed by atoms with Gasteiger partial charge >= 0.3 is 0 Å². The topological polar surface area (TPSA) is 87.7 Å². The molecular weight excluding hydrogens is 390 g/mol. The van der Waals surface area contributed by atoms with Crippen LogP contribution in [0.25, 0.3) is 0 Å². The molecule has 0 saturated carbocycles. The summed E-state index contributed by atoms with van der Waals surface area (Å²) in [6.07, 6.45) is 0. The van der Waals surface area contributed by atoms with Crippen molar-refractivity contribution in [3.05, 3.63) is 48.0 Å². The van der Waals surface area contributed by atoms with Crippen LogP contribution < -0.4 is 15.4 Å². The van der Waals surface area contributed by atoms with Crippen molar-refractivity contribution >= 4 is 27.3 Å². The van der Waals surface area contributed by atoms with Crippen LogP contribution in [0.1, 0.15) is 26.3 Å². The summed E-state index contributed by atoms with van der Waals surface area (Å²) in [6, 6.07) is 12.2. The van der Waals surface area contributed by atoms with Gasteiger partial charge in [-0.1, -0.05) is 19.9 Å². The summed E-state index contributed by atoms with van der Waals surface area (Å²) in [5, 5.41) is 5.78. The van der Waals surface area contributed by atoms with Crippen molar-refractivity contribution in [1.29, 1.82) is 0 Å². The van der Waals surface area contributed by atoms with Gasteiger partial charge in [0, 0.05) is 24.5 Å². The highest BCUT2D eigenvalue weighted by Gasteiger charge is 2.23. The van der Waals surface area contributed by atoms with Crippen molar-refractivity contribution in [3.63, 3.8) is 0 Å². The molecule has 0 bridgehead atoms. The molecule has 2 rings (SSSR count). The van der Waals surface area contributed by atoms with Gasteiger partial charge in [-0.25, -0.2) is 8.42 Å². The van der Waals surface area contributed by atoms with Crippen LogP contribution in [0.5, 0.6) is 5.75 Å². The van der Waals surface area contributed by atoms with Crippen molar-refractivity contribution in [3.8, 4) is 5.75 Å². The molecule has 0 aromatic heterocycles. The van der Waals surface area contributed by atoms with E-state index >= 15 is 0 Å². The van der Waals surface area contributed by atoms with Crippen LogP contribution in [-0.2, 0) is 14.8 Å². The Morgan fingerprint density at radius 3 is 2.21 bits per heavy atom.